The Hall–Kier alpha value is -3.19. The Balaban J connectivity index is 0.000000858. The lowest BCUT2D eigenvalue weighted by atomic mass is 9.88. The summed E-state index contributed by atoms with van der Waals surface area (Å²) in [4.78, 5) is 12.4. The van der Waals surface area contributed by atoms with E-state index >= 15 is 0 Å². The predicted molar refractivity (Wildman–Crippen MR) is 119 cm³/mol. The van der Waals surface area contributed by atoms with Gasteiger partial charge in [-0.2, -0.15) is 5.10 Å². The molecule has 0 spiro atoms. The fraction of sp³-hybridized carbons (Fsp3) is 0.375. The summed E-state index contributed by atoms with van der Waals surface area (Å²) >= 11 is 0. The smallest absolute Gasteiger partial charge is 0.290 e. The normalized spacial score (nSPS) is 18.5. The predicted octanol–water partition coefficient (Wildman–Crippen LogP) is 3.49. The number of methoxy groups -OCH3 is 1. The van der Waals surface area contributed by atoms with Gasteiger partial charge in [0, 0.05) is 24.1 Å². The third-order valence-corrected chi connectivity index (χ3v) is 6.14. The molecule has 0 aliphatic heterocycles. The number of nitrogens with one attached hydrogen (secondary N) is 1. The van der Waals surface area contributed by atoms with Crippen LogP contribution in [0.2, 0.25) is 0 Å². The first-order valence-electron chi connectivity index (χ1n) is 10.3. The maximum Gasteiger partial charge on any atom is 0.290 e. The standard InChI is InChI=1S/C23H28N4O.CH2O2/c1-22(2)14-23(22,20-7-5-4-6-8-20)15-24-12-18-9-10-21(28-3)19(11-18)13-27-17-25-16-26-27;2-1-3/h4-11,16-17,24H,12-15H2,1-3H3;1H,(H,2,3). The first-order chi connectivity index (χ1) is 15.0. The highest BCUT2D eigenvalue weighted by Gasteiger charge is 2.61. The van der Waals surface area contributed by atoms with Crippen LogP contribution in [-0.4, -0.2) is 40.0 Å². The van der Waals surface area contributed by atoms with Gasteiger partial charge in [-0.05, 0) is 35.1 Å². The van der Waals surface area contributed by atoms with Crippen LogP contribution in [0.3, 0.4) is 0 Å². The lowest BCUT2D eigenvalue weighted by molar-refractivity contribution is -0.122. The Morgan fingerprint density at radius 3 is 2.52 bits per heavy atom. The highest BCUT2D eigenvalue weighted by molar-refractivity contribution is 5.39. The number of aromatic nitrogens is 3. The zero-order chi connectivity index (χ0) is 22.3. The molecular formula is C24H30N4O3. The molecule has 1 aliphatic rings. The van der Waals surface area contributed by atoms with E-state index in [0.717, 1.165) is 24.4 Å². The van der Waals surface area contributed by atoms with Crippen molar-refractivity contribution < 1.29 is 14.6 Å². The third-order valence-electron chi connectivity index (χ3n) is 6.14. The van der Waals surface area contributed by atoms with Gasteiger partial charge in [0.2, 0.25) is 0 Å². The van der Waals surface area contributed by atoms with Gasteiger partial charge < -0.3 is 15.2 Å². The molecule has 0 amide bonds. The van der Waals surface area contributed by atoms with Crippen molar-refractivity contribution >= 4 is 6.47 Å². The molecule has 7 nitrogen and oxygen atoms in total. The molecule has 1 aliphatic carbocycles. The van der Waals surface area contributed by atoms with Crippen molar-refractivity contribution in [2.75, 3.05) is 13.7 Å². The van der Waals surface area contributed by atoms with E-state index in [9.17, 15) is 0 Å². The minimum Gasteiger partial charge on any atom is -0.496 e. The number of nitrogens with zero attached hydrogens (tertiary/aromatic N) is 3. The van der Waals surface area contributed by atoms with Crippen LogP contribution in [0, 0.1) is 5.41 Å². The van der Waals surface area contributed by atoms with E-state index < -0.39 is 0 Å². The summed E-state index contributed by atoms with van der Waals surface area (Å²) in [6.07, 6.45) is 4.50. The van der Waals surface area contributed by atoms with Gasteiger partial charge in [-0.1, -0.05) is 50.2 Å². The van der Waals surface area contributed by atoms with Gasteiger partial charge in [-0.15, -0.1) is 0 Å². The van der Waals surface area contributed by atoms with Crippen molar-refractivity contribution in [1.82, 2.24) is 20.1 Å². The topological polar surface area (TPSA) is 89.3 Å². The molecule has 2 aromatic carbocycles. The largest absolute Gasteiger partial charge is 0.496 e. The van der Waals surface area contributed by atoms with Crippen LogP contribution < -0.4 is 10.1 Å². The first kappa shape index (κ1) is 22.5. The number of rotatable bonds is 8. The van der Waals surface area contributed by atoms with Crippen LogP contribution in [0.1, 0.15) is 37.0 Å². The van der Waals surface area contributed by atoms with Crippen molar-refractivity contribution in [3.05, 3.63) is 77.9 Å². The average Bonchev–Trinajstić information content (AvgIpc) is 3.07. The molecule has 1 atom stereocenters. The number of hydrogen-bond donors (Lipinski definition) is 2. The highest BCUT2D eigenvalue weighted by atomic mass is 16.5. The van der Waals surface area contributed by atoms with Gasteiger partial charge in [0.05, 0.1) is 13.7 Å². The average molecular weight is 423 g/mol. The van der Waals surface area contributed by atoms with E-state index in [-0.39, 0.29) is 11.9 Å². The number of carboxylic acid groups (broad SMARTS) is 1. The quantitative estimate of drug-likeness (QED) is 0.540. The number of ether oxygens (including phenoxy) is 1. The van der Waals surface area contributed by atoms with E-state index in [1.165, 1.54) is 17.5 Å². The number of benzene rings is 2. The van der Waals surface area contributed by atoms with E-state index in [2.05, 4.69) is 71.7 Å². The van der Waals surface area contributed by atoms with Crippen molar-refractivity contribution in [2.24, 2.45) is 5.41 Å². The van der Waals surface area contributed by atoms with E-state index in [1.54, 1.807) is 19.8 Å². The summed E-state index contributed by atoms with van der Waals surface area (Å²) in [5.74, 6) is 0.878. The fourth-order valence-corrected chi connectivity index (χ4v) is 4.34. The SMILES string of the molecule is COc1ccc(CNCC2(c3ccccc3)CC2(C)C)cc1Cn1cncn1.O=CO. The van der Waals surface area contributed by atoms with E-state index in [0.29, 0.717) is 12.0 Å². The summed E-state index contributed by atoms with van der Waals surface area (Å²) in [5, 5.41) is 14.8. The molecule has 1 saturated carbocycles. The number of hydrogen-bond acceptors (Lipinski definition) is 5. The van der Waals surface area contributed by atoms with Gasteiger partial charge in [0.15, 0.2) is 0 Å². The third kappa shape index (κ3) is 5.11. The molecule has 1 unspecified atom stereocenters. The maximum absolute atomic E-state index is 8.36. The molecule has 0 saturated heterocycles. The highest BCUT2D eigenvalue weighted by Crippen LogP contribution is 2.63. The molecule has 1 fully saturated rings. The summed E-state index contributed by atoms with van der Waals surface area (Å²) in [5.41, 5.74) is 4.35. The maximum atomic E-state index is 8.36. The molecular weight excluding hydrogens is 392 g/mol. The monoisotopic (exact) mass is 422 g/mol. The van der Waals surface area contributed by atoms with E-state index in [4.69, 9.17) is 14.6 Å². The van der Waals surface area contributed by atoms with Crippen molar-refractivity contribution in [3.63, 3.8) is 0 Å². The Bertz CT molecular complexity index is 974. The molecule has 0 bridgehead atoms. The second-order valence-electron chi connectivity index (χ2n) is 8.46. The minimum atomic E-state index is -0.250. The van der Waals surface area contributed by atoms with Crippen molar-refractivity contribution in [2.45, 2.75) is 38.8 Å². The van der Waals surface area contributed by atoms with Crippen LogP contribution >= 0.6 is 0 Å². The zero-order valence-corrected chi connectivity index (χ0v) is 18.3. The minimum absolute atomic E-state index is 0.226. The van der Waals surface area contributed by atoms with Crippen LogP contribution in [0.15, 0.2) is 61.2 Å². The zero-order valence-electron chi connectivity index (χ0n) is 18.3. The summed E-state index contributed by atoms with van der Waals surface area (Å²) in [6, 6.07) is 17.3. The van der Waals surface area contributed by atoms with Crippen LogP contribution in [0.25, 0.3) is 0 Å². The molecule has 1 heterocycles. The lowest BCUT2D eigenvalue weighted by Crippen LogP contribution is -2.30. The molecule has 2 N–H and O–H groups in total. The molecule has 1 aromatic heterocycles. The van der Waals surface area contributed by atoms with Crippen molar-refractivity contribution in [3.8, 4) is 5.75 Å². The Morgan fingerprint density at radius 2 is 1.94 bits per heavy atom. The van der Waals surface area contributed by atoms with Gasteiger partial charge in [-0.25, -0.2) is 9.67 Å². The molecule has 3 aromatic rings. The van der Waals surface area contributed by atoms with Crippen LogP contribution in [0.5, 0.6) is 5.75 Å². The van der Waals surface area contributed by atoms with Gasteiger partial charge in [0.25, 0.3) is 6.47 Å². The molecule has 7 heteroatoms. The van der Waals surface area contributed by atoms with Crippen LogP contribution in [0.4, 0.5) is 0 Å². The first-order valence-corrected chi connectivity index (χ1v) is 10.3. The van der Waals surface area contributed by atoms with E-state index in [1.807, 2.05) is 10.7 Å². The summed E-state index contributed by atoms with van der Waals surface area (Å²) in [6.45, 7) is 6.95. The molecule has 164 valence electrons. The molecule has 4 rings (SSSR count). The number of carbonyl (C=O) groups is 1. The Morgan fingerprint density at radius 1 is 1.23 bits per heavy atom. The van der Waals surface area contributed by atoms with Gasteiger partial charge >= 0.3 is 0 Å². The van der Waals surface area contributed by atoms with Crippen molar-refractivity contribution in [1.29, 1.82) is 0 Å². The second kappa shape index (κ2) is 9.75. The summed E-state index contributed by atoms with van der Waals surface area (Å²) < 4.78 is 7.33. The summed E-state index contributed by atoms with van der Waals surface area (Å²) in [7, 11) is 1.71. The van der Waals surface area contributed by atoms with Gasteiger partial charge in [-0.3, -0.25) is 4.79 Å². The molecule has 31 heavy (non-hydrogen) atoms. The fourth-order valence-electron chi connectivity index (χ4n) is 4.34. The second-order valence-corrected chi connectivity index (χ2v) is 8.46. The lowest BCUT2D eigenvalue weighted by Gasteiger charge is -2.22. The Labute approximate surface area is 183 Å². The molecule has 0 radical (unpaired) electrons. The Kier molecular flexibility index (Phi) is 7.07. The van der Waals surface area contributed by atoms with Gasteiger partial charge in [0.1, 0.15) is 18.4 Å². The van der Waals surface area contributed by atoms with Crippen LogP contribution in [-0.2, 0) is 23.3 Å².